The van der Waals surface area contributed by atoms with E-state index in [2.05, 4.69) is 11.1 Å². The normalized spacial score (nSPS) is 11.8. The molecule has 0 unspecified atom stereocenters. The molecule has 3 aromatic rings. The predicted molar refractivity (Wildman–Crippen MR) is 83.4 cm³/mol. The van der Waals surface area contributed by atoms with Gasteiger partial charge in [-0.2, -0.15) is 0 Å². The van der Waals surface area contributed by atoms with E-state index in [9.17, 15) is 5.11 Å². The average molecular weight is 261 g/mol. The fraction of sp³-hybridized carbons (Fsp3) is 0.0556. The summed E-state index contributed by atoms with van der Waals surface area (Å²) in [7, 11) is 0. The number of phenolic OH excluding ortho intramolecular Hbond substituents is 1. The van der Waals surface area contributed by atoms with E-state index in [1.807, 2.05) is 61.5 Å². The Labute approximate surface area is 118 Å². The molecule has 0 aliphatic heterocycles. The summed E-state index contributed by atoms with van der Waals surface area (Å²) in [4.78, 5) is 4.65. The van der Waals surface area contributed by atoms with Gasteiger partial charge in [-0.05, 0) is 36.8 Å². The van der Waals surface area contributed by atoms with Gasteiger partial charge in [0.05, 0.1) is 11.2 Å². The lowest BCUT2D eigenvalue weighted by Crippen LogP contribution is -1.87. The van der Waals surface area contributed by atoms with Crippen LogP contribution in [-0.4, -0.2) is 10.1 Å². The van der Waals surface area contributed by atoms with Crippen molar-refractivity contribution in [3.63, 3.8) is 0 Å². The molecule has 0 spiro atoms. The molecular formula is C18H15NO. The van der Waals surface area contributed by atoms with Gasteiger partial charge >= 0.3 is 0 Å². The number of rotatable bonds is 2. The van der Waals surface area contributed by atoms with Gasteiger partial charge in [0.1, 0.15) is 5.75 Å². The molecule has 20 heavy (non-hydrogen) atoms. The SMILES string of the molecule is C/C(=C\c1ccccc1O)c1ccc2ccccc2n1. The maximum absolute atomic E-state index is 9.81. The quantitative estimate of drug-likeness (QED) is 0.736. The van der Waals surface area contributed by atoms with Crippen molar-refractivity contribution in [2.75, 3.05) is 0 Å². The zero-order valence-corrected chi connectivity index (χ0v) is 11.2. The summed E-state index contributed by atoms with van der Waals surface area (Å²) >= 11 is 0. The highest BCUT2D eigenvalue weighted by Crippen LogP contribution is 2.23. The molecule has 2 heteroatoms. The predicted octanol–water partition coefficient (Wildman–Crippen LogP) is 4.50. The van der Waals surface area contributed by atoms with Crippen molar-refractivity contribution in [3.05, 3.63) is 71.9 Å². The van der Waals surface area contributed by atoms with Gasteiger partial charge < -0.3 is 5.11 Å². The molecule has 0 atom stereocenters. The summed E-state index contributed by atoms with van der Waals surface area (Å²) in [5.41, 5.74) is 3.74. The Morgan fingerprint density at radius 1 is 0.950 bits per heavy atom. The number of fused-ring (bicyclic) bond motifs is 1. The summed E-state index contributed by atoms with van der Waals surface area (Å²) < 4.78 is 0. The minimum absolute atomic E-state index is 0.285. The van der Waals surface area contributed by atoms with Gasteiger partial charge in [-0.25, -0.2) is 4.98 Å². The summed E-state index contributed by atoms with van der Waals surface area (Å²) in [5.74, 6) is 0.285. The Morgan fingerprint density at radius 3 is 2.55 bits per heavy atom. The van der Waals surface area contributed by atoms with Crippen LogP contribution < -0.4 is 0 Å². The summed E-state index contributed by atoms with van der Waals surface area (Å²) in [6.45, 7) is 2.00. The number of phenols is 1. The van der Waals surface area contributed by atoms with Crippen LogP contribution >= 0.6 is 0 Å². The lowest BCUT2D eigenvalue weighted by atomic mass is 10.1. The zero-order valence-electron chi connectivity index (χ0n) is 11.2. The van der Waals surface area contributed by atoms with Gasteiger partial charge in [-0.1, -0.05) is 42.5 Å². The molecule has 0 aliphatic carbocycles. The van der Waals surface area contributed by atoms with Gasteiger partial charge in [0.2, 0.25) is 0 Å². The fourth-order valence-electron chi connectivity index (χ4n) is 2.20. The highest BCUT2D eigenvalue weighted by atomic mass is 16.3. The third-order valence-corrected chi connectivity index (χ3v) is 3.31. The maximum Gasteiger partial charge on any atom is 0.122 e. The van der Waals surface area contributed by atoms with Crippen LogP contribution in [0.2, 0.25) is 0 Å². The Balaban J connectivity index is 2.04. The number of nitrogens with zero attached hydrogens (tertiary/aromatic N) is 1. The van der Waals surface area contributed by atoms with Crippen molar-refractivity contribution >= 4 is 22.6 Å². The number of hydrogen-bond donors (Lipinski definition) is 1. The first-order chi connectivity index (χ1) is 9.74. The molecule has 1 aromatic heterocycles. The number of hydrogen-bond acceptors (Lipinski definition) is 2. The number of pyridine rings is 1. The third-order valence-electron chi connectivity index (χ3n) is 3.31. The van der Waals surface area contributed by atoms with Crippen molar-refractivity contribution in [3.8, 4) is 5.75 Å². The van der Waals surface area contributed by atoms with E-state index in [0.717, 1.165) is 27.7 Å². The van der Waals surface area contributed by atoms with Crippen LogP contribution in [0, 0.1) is 0 Å². The minimum atomic E-state index is 0.285. The summed E-state index contributed by atoms with van der Waals surface area (Å²) in [6, 6.07) is 19.4. The second kappa shape index (κ2) is 5.17. The topological polar surface area (TPSA) is 33.1 Å². The molecule has 0 radical (unpaired) electrons. The van der Waals surface area contributed by atoms with Crippen molar-refractivity contribution < 1.29 is 5.11 Å². The van der Waals surface area contributed by atoms with Crippen molar-refractivity contribution in [2.24, 2.45) is 0 Å². The van der Waals surface area contributed by atoms with Gasteiger partial charge in [0.25, 0.3) is 0 Å². The van der Waals surface area contributed by atoms with E-state index in [1.165, 1.54) is 0 Å². The number of benzene rings is 2. The Kier molecular flexibility index (Phi) is 3.21. The molecule has 0 bridgehead atoms. The lowest BCUT2D eigenvalue weighted by Gasteiger charge is -2.04. The highest BCUT2D eigenvalue weighted by molar-refractivity contribution is 5.85. The van der Waals surface area contributed by atoms with E-state index < -0.39 is 0 Å². The molecule has 98 valence electrons. The Bertz CT molecular complexity index is 790. The zero-order chi connectivity index (χ0) is 13.9. The molecule has 3 rings (SSSR count). The van der Waals surface area contributed by atoms with Gasteiger partial charge in [0.15, 0.2) is 0 Å². The molecule has 0 fully saturated rings. The minimum Gasteiger partial charge on any atom is -0.507 e. The van der Waals surface area contributed by atoms with Crippen LogP contribution in [0.25, 0.3) is 22.6 Å². The second-order valence-corrected chi connectivity index (χ2v) is 4.78. The average Bonchev–Trinajstić information content (AvgIpc) is 2.49. The molecule has 0 saturated heterocycles. The van der Waals surface area contributed by atoms with Crippen molar-refractivity contribution in [1.82, 2.24) is 4.98 Å². The van der Waals surface area contributed by atoms with E-state index in [0.29, 0.717) is 0 Å². The van der Waals surface area contributed by atoms with E-state index in [4.69, 9.17) is 0 Å². The number of aromatic hydroxyl groups is 1. The van der Waals surface area contributed by atoms with Crippen LogP contribution in [0.5, 0.6) is 5.75 Å². The van der Waals surface area contributed by atoms with Gasteiger partial charge in [-0.15, -0.1) is 0 Å². The third kappa shape index (κ3) is 2.41. The first-order valence-electron chi connectivity index (χ1n) is 6.56. The lowest BCUT2D eigenvalue weighted by molar-refractivity contribution is 0.474. The Morgan fingerprint density at radius 2 is 1.70 bits per heavy atom. The van der Waals surface area contributed by atoms with Crippen LogP contribution in [0.3, 0.4) is 0 Å². The van der Waals surface area contributed by atoms with Crippen LogP contribution in [0.4, 0.5) is 0 Å². The molecular weight excluding hydrogens is 246 g/mol. The van der Waals surface area contributed by atoms with Crippen LogP contribution in [0.15, 0.2) is 60.7 Å². The smallest absolute Gasteiger partial charge is 0.122 e. The van der Waals surface area contributed by atoms with E-state index >= 15 is 0 Å². The standard InChI is InChI=1S/C18H15NO/c1-13(12-15-7-3-5-9-18(15)20)16-11-10-14-6-2-4-8-17(14)19-16/h2-12,20H,1H3/b13-12+. The highest BCUT2D eigenvalue weighted by Gasteiger charge is 2.02. The first-order valence-corrected chi connectivity index (χ1v) is 6.56. The molecule has 2 nitrogen and oxygen atoms in total. The molecule has 1 heterocycles. The largest absolute Gasteiger partial charge is 0.507 e. The maximum atomic E-state index is 9.81. The van der Waals surface area contributed by atoms with E-state index in [1.54, 1.807) is 6.07 Å². The van der Waals surface area contributed by atoms with Crippen molar-refractivity contribution in [2.45, 2.75) is 6.92 Å². The van der Waals surface area contributed by atoms with E-state index in [-0.39, 0.29) is 5.75 Å². The van der Waals surface area contributed by atoms with Crippen LogP contribution in [0.1, 0.15) is 18.2 Å². The second-order valence-electron chi connectivity index (χ2n) is 4.78. The van der Waals surface area contributed by atoms with Crippen LogP contribution in [-0.2, 0) is 0 Å². The molecule has 1 N–H and O–H groups in total. The summed E-state index contributed by atoms with van der Waals surface area (Å²) in [6.07, 6.45) is 1.95. The molecule has 0 saturated carbocycles. The molecule has 0 amide bonds. The molecule has 0 aliphatic rings. The molecule has 2 aromatic carbocycles. The number of allylic oxidation sites excluding steroid dienone is 1. The number of para-hydroxylation sites is 2. The Hall–Kier alpha value is -2.61. The van der Waals surface area contributed by atoms with Crippen molar-refractivity contribution in [1.29, 1.82) is 0 Å². The first kappa shape index (κ1) is 12.4. The fourth-order valence-corrected chi connectivity index (χ4v) is 2.20. The van der Waals surface area contributed by atoms with Gasteiger partial charge in [-0.3, -0.25) is 0 Å². The monoisotopic (exact) mass is 261 g/mol. The summed E-state index contributed by atoms with van der Waals surface area (Å²) in [5, 5.41) is 10.9. The van der Waals surface area contributed by atoms with Gasteiger partial charge in [0, 0.05) is 10.9 Å². The number of aromatic nitrogens is 1.